The van der Waals surface area contributed by atoms with Crippen LogP contribution >= 0.6 is 11.3 Å². The average molecular weight is 382 g/mol. The summed E-state index contributed by atoms with van der Waals surface area (Å²) in [5.74, 6) is -0.490. The smallest absolute Gasteiger partial charge is 0.278 e. The fourth-order valence-corrected chi connectivity index (χ4v) is 5.02. The Kier molecular flexibility index (Phi) is 4.04. The minimum Gasteiger partial charge on any atom is -0.296 e. The van der Waals surface area contributed by atoms with Gasteiger partial charge in [-0.2, -0.15) is 5.10 Å². The summed E-state index contributed by atoms with van der Waals surface area (Å²) >= 11 is 1.57. The second-order valence-corrected chi connectivity index (χ2v) is 8.15. The molecule has 0 bridgehead atoms. The summed E-state index contributed by atoms with van der Waals surface area (Å²) < 4.78 is 15.1. The van der Waals surface area contributed by atoms with Gasteiger partial charge in [-0.1, -0.05) is 0 Å². The second kappa shape index (κ2) is 6.56. The summed E-state index contributed by atoms with van der Waals surface area (Å²) in [6, 6.07) is 6.24. The van der Waals surface area contributed by atoms with Crippen molar-refractivity contribution in [2.24, 2.45) is 0 Å². The fourth-order valence-electron chi connectivity index (χ4n) is 3.98. The molecule has 0 spiro atoms. The zero-order valence-corrected chi connectivity index (χ0v) is 15.6. The van der Waals surface area contributed by atoms with E-state index in [4.69, 9.17) is 0 Å². The molecule has 7 heteroatoms. The number of fused-ring (bicyclic) bond motifs is 2. The summed E-state index contributed by atoms with van der Waals surface area (Å²) in [7, 11) is 0. The highest BCUT2D eigenvalue weighted by Crippen LogP contribution is 2.32. The topological polar surface area (TPSA) is 59.8 Å². The lowest BCUT2D eigenvalue weighted by atomic mass is 9.95. The minimum atomic E-state index is -0.283. The lowest BCUT2D eigenvalue weighted by Gasteiger charge is -2.14. The van der Waals surface area contributed by atoms with Crippen LogP contribution in [0.3, 0.4) is 0 Å². The number of carbonyl (C=O) groups is 1. The van der Waals surface area contributed by atoms with Crippen molar-refractivity contribution in [3.05, 3.63) is 57.6 Å². The SMILES string of the molecule is O=C(Nc1nc2c(s1)CCC2)c1nn(-c2ccc(F)cc2)c2c1CCCC2. The van der Waals surface area contributed by atoms with Gasteiger partial charge < -0.3 is 0 Å². The van der Waals surface area contributed by atoms with Crippen LogP contribution in [-0.4, -0.2) is 20.7 Å². The first-order chi connectivity index (χ1) is 13.2. The van der Waals surface area contributed by atoms with Crippen LogP contribution < -0.4 is 5.32 Å². The van der Waals surface area contributed by atoms with E-state index in [1.54, 1.807) is 28.2 Å². The zero-order chi connectivity index (χ0) is 18.4. The summed E-state index contributed by atoms with van der Waals surface area (Å²) in [5, 5.41) is 8.21. The largest absolute Gasteiger partial charge is 0.296 e. The third kappa shape index (κ3) is 2.96. The molecule has 0 radical (unpaired) electrons. The number of rotatable bonds is 3. The van der Waals surface area contributed by atoms with Crippen molar-refractivity contribution in [3.8, 4) is 5.69 Å². The normalized spacial score (nSPS) is 15.4. The first kappa shape index (κ1) is 16.6. The van der Waals surface area contributed by atoms with Gasteiger partial charge in [0.05, 0.1) is 11.4 Å². The molecule has 5 rings (SSSR count). The lowest BCUT2D eigenvalue weighted by molar-refractivity contribution is 0.102. The molecule has 138 valence electrons. The number of amides is 1. The molecule has 1 N–H and O–H groups in total. The molecule has 2 aliphatic carbocycles. The van der Waals surface area contributed by atoms with Crippen LogP contribution in [0.5, 0.6) is 0 Å². The quantitative estimate of drug-likeness (QED) is 0.742. The standard InChI is InChI=1S/C20H19FN4OS/c21-12-8-10-13(11-9-12)25-16-6-2-1-4-14(16)18(24-25)19(26)23-20-22-15-5-3-7-17(15)27-20/h8-11H,1-7H2,(H,22,23,26). The van der Waals surface area contributed by atoms with Gasteiger partial charge in [0.25, 0.3) is 5.91 Å². The predicted molar refractivity (Wildman–Crippen MR) is 102 cm³/mol. The van der Waals surface area contributed by atoms with Crippen LogP contribution in [0.15, 0.2) is 24.3 Å². The van der Waals surface area contributed by atoms with Gasteiger partial charge in [0.15, 0.2) is 10.8 Å². The Balaban J connectivity index is 1.49. The van der Waals surface area contributed by atoms with Gasteiger partial charge in [-0.25, -0.2) is 14.1 Å². The van der Waals surface area contributed by atoms with E-state index in [-0.39, 0.29) is 11.7 Å². The molecule has 2 heterocycles. The molecule has 27 heavy (non-hydrogen) atoms. The summed E-state index contributed by atoms with van der Waals surface area (Å²) in [5.41, 5.74) is 4.42. The van der Waals surface area contributed by atoms with Gasteiger partial charge in [0, 0.05) is 16.1 Å². The number of hydrogen-bond donors (Lipinski definition) is 1. The number of anilines is 1. The highest BCUT2D eigenvalue weighted by atomic mass is 32.1. The number of nitrogens with one attached hydrogen (secondary N) is 1. The van der Waals surface area contributed by atoms with Gasteiger partial charge in [-0.05, 0) is 69.2 Å². The van der Waals surface area contributed by atoms with Crippen LogP contribution in [0, 0.1) is 5.82 Å². The first-order valence-corrected chi connectivity index (χ1v) is 10.2. The van der Waals surface area contributed by atoms with E-state index in [1.807, 2.05) is 0 Å². The van der Waals surface area contributed by atoms with Gasteiger partial charge in [-0.15, -0.1) is 11.3 Å². The Morgan fingerprint density at radius 1 is 1.07 bits per heavy atom. The van der Waals surface area contributed by atoms with E-state index in [1.165, 1.54) is 17.0 Å². The van der Waals surface area contributed by atoms with Crippen LogP contribution in [-0.2, 0) is 25.7 Å². The molecular weight excluding hydrogens is 363 g/mol. The highest BCUT2D eigenvalue weighted by molar-refractivity contribution is 7.16. The van der Waals surface area contributed by atoms with Gasteiger partial charge >= 0.3 is 0 Å². The molecule has 0 saturated carbocycles. The Morgan fingerprint density at radius 2 is 1.89 bits per heavy atom. The Morgan fingerprint density at radius 3 is 2.70 bits per heavy atom. The molecule has 0 atom stereocenters. The number of aryl methyl sites for hydroxylation is 2. The van der Waals surface area contributed by atoms with E-state index in [0.29, 0.717) is 10.8 Å². The number of thiazole rings is 1. The Bertz CT molecular complexity index is 1000. The summed E-state index contributed by atoms with van der Waals surface area (Å²) in [6.45, 7) is 0. The van der Waals surface area contributed by atoms with Gasteiger partial charge in [0.1, 0.15) is 5.82 Å². The van der Waals surface area contributed by atoms with Crippen molar-refractivity contribution >= 4 is 22.4 Å². The van der Waals surface area contributed by atoms with E-state index < -0.39 is 0 Å². The maximum absolute atomic E-state index is 13.3. The molecule has 5 nitrogen and oxygen atoms in total. The highest BCUT2D eigenvalue weighted by Gasteiger charge is 2.27. The van der Waals surface area contributed by atoms with Crippen molar-refractivity contribution in [2.75, 3.05) is 5.32 Å². The van der Waals surface area contributed by atoms with Crippen LogP contribution in [0.2, 0.25) is 0 Å². The summed E-state index contributed by atoms with van der Waals surface area (Å²) in [6.07, 6.45) is 7.03. The predicted octanol–water partition coefficient (Wildman–Crippen LogP) is 4.09. The number of hydrogen-bond acceptors (Lipinski definition) is 4. The number of aromatic nitrogens is 3. The van der Waals surface area contributed by atoms with Crippen molar-refractivity contribution in [1.29, 1.82) is 0 Å². The maximum atomic E-state index is 13.3. The molecule has 1 amide bonds. The van der Waals surface area contributed by atoms with Crippen LogP contribution in [0.25, 0.3) is 5.69 Å². The molecule has 2 aliphatic rings. The van der Waals surface area contributed by atoms with Crippen molar-refractivity contribution in [1.82, 2.24) is 14.8 Å². The van der Waals surface area contributed by atoms with E-state index in [2.05, 4.69) is 15.4 Å². The molecule has 0 saturated heterocycles. The lowest BCUT2D eigenvalue weighted by Crippen LogP contribution is -2.15. The average Bonchev–Trinajstić information content (AvgIpc) is 3.35. The van der Waals surface area contributed by atoms with Gasteiger partial charge in [0.2, 0.25) is 0 Å². The number of nitrogens with zero attached hydrogens (tertiary/aromatic N) is 3. The van der Waals surface area contributed by atoms with Crippen molar-refractivity contribution in [2.45, 2.75) is 44.9 Å². The number of halogens is 1. The minimum absolute atomic E-state index is 0.207. The van der Waals surface area contributed by atoms with Crippen molar-refractivity contribution in [3.63, 3.8) is 0 Å². The first-order valence-electron chi connectivity index (χ1n) is 9.35. The van der Waals surface area contributed by atoms with Crippen LogP contribution in [0.1, 0.15) is 51.6 Å². The monoisotopic (exact) mass is 382 g/mol. The zero-order valence-electron chi connectivity index (χ0n) is 14.8. The molecule has 0 unspecified atom stereocenters. The third-order valence-corrected chi connectivity index (χ3v) is 6.36. The van der Waals surface area contributed by atoms with Crippen molar-refractivity contribution < 1.29 is 9.18 Å². The molecule has 2 aromatic heterocycles. The number of benzene rings is 1. The van der Waals surface area contributed by atoms with E-state index in [0.717, 1.165) is 67.6 Å². The Hall–Kier alpha value is -2.54. The molecule has 1 aromatic carbocycles. The molecule has 0 fully saturated rings. The second-order valence-electron chi connectivity index (χ2n) is 7.07. The van der Waals surface area contributed by atoms with E-state index >= 15 is 0 Å². The maximum Gasteiger partial charge on any atom is 0.278 e. The molecular formula is C20H19FN4OS. The van der Waals surface area contributed by atoms with E-state index in [9.17, 15) is 9.18 Å². The number of carbonyl (C=O) groups excluding carboxylic acids is 1. The fraction of sp³-hybridized carbons (Fsp3) is 0.350. The van der Waals surface area contributed by atoms with Gasteiger partial charge in [-0.3, -0.25) is 10.1 Å². The summed E-state index contributed by atoms with van der Waals surface area (Å²) in [4.78, 5) is 18.8. The molecule has 3 aromatic rings. The van der Waals surface area contributed by atoms with Crippen LogP contribution in [0.4, 0.5) is 9.52 Å². The molecule has 0 aliphatic heterocycles. The Labute approximate surface area is 160 Å². The third-order valence-electron chi connectivity index (χ3n) is 5.28.